The topological polar surface area (TPSA) is 55.1 Å². The zero-order valence-electron chi connectivity index (χ0n) is 10.2. The van der Waals surface area contributed by atoms with Gasteiger partial charge in [0.2, 0.25) is 0 Å². The van der Waals surface area contributed by atoms with E-state index in [4.69, 9.17) is 5.73 Å². The highest BCUT2D eigenvalue weighted by Crippen LogP contribution is 2.19. The van der Waals surface area contributed by atoms with E-state index >= 15 is 0 Å². The lowest BCUT2D eigenvalue weighted by Crippen LogP contribution is -2.13. The molecule has 0 spiro atoms. The first-order valence-electron chi connectivity index (χ1n) is 5.59. The number of nitrogens with one attached hydrogen (secondary N) is 1. The van der Waals surface area contributed by atoms with E-state index < -0.39 is 17.5 Å². The highest BCUT2D eigenvalue weighted by atomic mass is 19.1. The lowest BCUT2D eigenvalue weighted by molar-refractivity contribution is 0.102. The summed E-state index contributed by atoms with van der Waals surface area (Å²) in [6.07, 6.45) is 0. The molecule has 2 rings (SSSR count). The van der Waals surface area contributed by atoms with Crippen LogP contribution < -0.4 is 11.1 Å². The number of hydrogen-bond acceptors (Lipinski definition) is 2. The maximum atomic E-state index is 13.5. The van der Waals surface area contributed by atoms with Crippen molar-refractivity contribution in [3.8, 4) is 0 Å². The molecule has 0 aliphatic heterocycles. The molecule has 0 unspecified atom stereocenters. The Morgan fingerprint density at radius 1 is 1.16 bits per heavy atom. The highest BCUT2D eigenvalue weighted by Gasteiger charge is 2.11. The number of carbonyl (C=O) groups excluding carboxylic acids is 1. The van der Waals surface area contributed by atoms with E-state index in [0.29, 0.717) is 11.3 Å². The quantitative estimate of drug-likeness (QED) is 0.817. The van der Waals surface area contributed by atoms with Crippen molar-refractivity contribution in [3.63, 3.8) is 0 Å². The fraction of sp³-hybridized carbons (Fsp3) is 0.0714. The molecule has 5 heteroatoms. The predicted molar refractivity (Wildman–Crippen MR) is 69.9 cm³/mol. The van der Waals surface area contributed by atoms with E-state index in [-0.39, 0.29) is 11.3 Å². The molecule has 2 aromatic carbocycles. The summed E-state index contributed by atoms with van der Waals surface area (Å²) >= 11 is 0. The van der Waals surface area contributed by atoms with E-state index in [0.717, 1.165) is 12.1 Å². The summed E-state index contributed by atoms with van der Waals surface area (Å²) in [6, 6.07) is 7.76. The van der Waals surface area contributed by atoms with Gasteiger partial charge in [-0.25, -0.2) is 8.78 Å². The molecule has 0 saturated heterocycles. The van der Waals surface area contributed by atoms with Gasteiger partial charge in [0, 0.05) is 11.3 Å². The van der Waals surface area contributed by atoms with E-state index in [1.54, 1.807) is 6.92 Å². The second-order valence-electron chi connectivity index (χ2n) is 4.21. The van der Waals surface area contributed by atoms with Crippen LogP contribution in [0.1, 0.15) is 15.9 Å². The molecule has 0 saturated carbocycles. The second-order valence-corrected chi connectivity index (χ2v) is 4.21. The zero-order valence-corrected chi connectivity index (χ0v) is 10.2. The first kappa shape index (κ1) is 13.0. The summed E-state index contributed by atoms with van der Waals surface area (Å²) in [5.74, 6) is -1.71. The van der Waals surface area contributed by atoms with Crippen LogP contribution in [0.25, 0.3) is 0 Å². The van der Waals surface area contributed by atoms with Crippen LogP contribution in [0.5, 0.6) is 0 Å². The average molecular weight is 262 g/mol. The summed E-state index contributed by atoms with van der Waals surface area (Å²) in [5.41, 5.74) is 6.54. The first-order valence-corrected chi connectivity index (χ1v) is 5.59. The van der Waals surface area contributed by atoms with Crippen molar-refractivity contribution in [2.75, 3.05) is 11.1 Å². The number of rotatable bonds is 2. The summed E-state index contributed by atoms with van der Waals surface area (Å²) in [6.45, 7) is 1.67. The van der Waals surface area contributed by atoms with Crippen molar-refractivity contribution < 1.29 is 13.6 Å². The van der Waals surface area contributed by atoms with Gasteiger partial charge in [0.25, 0.3) is 5.91 Å². The van der Waals surface area contributed by atoms with E-state index in [1.807, 2.05) is 0 Å². The average Bonchev–Trinajstić information content (AvgIpc) is 2.32. The van der Waals surface area contributed by atoms with Crippen LogP contribution >= 0.6 is 0 Å². The molecule has 0 radical (unpaired) electrons. The van der Waals surface area contributed by atoms with Crippen molar-refractivity contribution in [2.45, 2.75) is 6.92 Å². The Labute approximate surface area is 109 Å². The molecule has 0 aromatic heterocycles. The van der Waals surface area contributed by atoms with Gasteiger partial charge in [0.1, 0.15) is 11.6 Å². The fourth-order valence-corrected chi connectivity index (χ4v) is 1.70. The van der Waals surface area contributed by atoms with Gasteiger partial charge in [-0.1, -0.05) is 0 Å². The molecule has 0 bridgehead atoms. The molecule has 1 amide bonds. The molecule has 3 N–H and O–H groups in total. The molecule has 0 aliphatic rings. The molecule has 98 valence electrons. The fourth-order valence-electron chi connectivity index (χ4n) is 1.70. The minimum absolute atomic E-state index is 0.0353. The third kappa shape index (κ3) is 3.07. The smallest absolute Gasteiger partial charge is 0.255 e. The van der Waals surface area contributed by atoms with Crippen molar-refractivity contribution in [1.82, 2.24) is 0 Å². The number of nitrogens with two attached hydrogens (primary N) is 1. The number of amides is 1. The Kier molecular flexibility index (Phi) is 3.46. The van der Waals surface area contributed by atoms with Gasteiger partial charge in [-0.3, -0.25) is 4.79 Å². The van der Waals surface area contributed by atoms with E-state index in [2.05, 4.69) is 5.32 Å². The summed E-state index contributed by atoms with van der Waals surface area (Å²) in [5, 5.41) is 2.36. The van der Waals surface area contributed by atoms with Crippen LogP contribution in [-0.2, 0) is 0 Å². The third-order valence-corrected chi connectivity index (χ3v) is 2.54. The van der Waals surface area contributed by atoms with Gasteiger partial charge in [0.15, 0.2) is 0 Å². The number of hydrogen-bond donors (Lipinski definition) is 2. The highest BCUT2D eigenvalue weighted by molar-refractivity contribution is 6.04. The predicted octanol–water partition coefficient (Wildman–Crippen LogP) is 3.11. The molecule has 0 atom stereocenters. The number of halogens is 2. The van der Waals surface area contributed by atoms with E-state index in [1.165, 1.54) is 24.3 Å². The zero-order chi connectivity index (χ0) is 14.0. The first-order chi connectivity index (χ1) is 8.95. The third-order valence-electron chi connectivity index (χ3n) is 2.54. The number of aryl methyl sites for hydroxylation is 1. The Morgan fingerprint density at radius 2 is 1.89 bits per heavy atom. The molecule has 0 heterocycles. The number of benzene rings is 2. The van der Waals surface area contributed by atoms with E-state index in [9.17, 15) is 13.6 Å². The summed E-state index contributed by atoms with van der Waals surface area (Å²) in [4.78, 5) is 11.9. The maximum Gasteiger partial charge on any atom is 0.255 e. The van der Waals surface area contributed by atoms with Gasteiger partial charge in [-0.05, 0) is 48.9 Å². The maximum absolute atomic E-state index is 13.5. The molecule has 0 fully saturated rings. The largest absolute Gasteiger partial charge is 0.399 e. The minimum Gasteiger partial charge on any atom is -0.399 e. The standard InChI is InChI=1S/C14H12F2N2O/c1-8-4-9(6-10(15)5-8)14(19)18-13-7-11(17)2-3-12(13)16/h2-7H,17H2,1H3,(H,18,19). The van der Waals surface area contributed by atoms with Gasteiger partial charge in [-0.2, -0.15) is 0 Å². The van der Waals surface area contributed by atoms with Crippen LogP contribution in [0.15, 0.2) is 36.4 Å². The molecule has 2 aromatic rings. The van der Waals surface area contributed by atoms with Gasteiger partial charge < -0.3 is 11.1 Å². The van der Waals surface area contributed by atoms with Crippen LogP contribution in [-0.4, -0.2) is 5.91 Å². The molecule has 3 nitrogen and oxygen atoms in total. The Bertz CT molecular complexity index is 621. The Hall–Kier alpha value is -2.43. The SMILES string of the molecule is Cc1cc(F)cc(C(=O)Nc2cc(N)ccc2F)c1. The Balaban J connectivity index is 2.28. The van der Waals surface area contributed by atoms with Crippen LogP contribution in [0.3, 0.4) is 0 Å². The van der Waals surface area contributed by atoms with Gasteiger partial charge in [-0.15, -0.1) is 0 Å². The van der Waals surface area contributed by atoms with Crippen LogP contribution in [0.2, 0.25) is 0 Å². The summed E-state index contributed by atoms with van der Waals surface area (Å²) in [7, 11) is 0. The van der Waals surface area contributed by atoms with Crippen LogP contribution in [0, 0.1) is 18.6 Å². The van der Waals surface area contributed by atoms with Crippen LogP contribution in [0.4, 0.5) is 20.2 Å². The lowest BCUT2D eigenvalue weighted by Gasteiger charge is -2.08. The summed E-state index contributed by atoms with van der Waals surface area (Å²) < 4.78 is 26.7. The van der Waals surface area contributed by atoms with Gasteiger partial charge in [0.05, 0.1) is 5.69 Å². The minimum atomic E-state index is -0.601. The second kappa shape index (κ2) is 5.06. The Morgan fingerprint density at radius 3 is 2.58 bits per heavy atom. The number of anilines is 2. The lowest BCUT2D eigenvalue weighted by atomic mass is 10.1. The van der Waals surface area contributed by atoms with Crippen molar-refractivity contribution in [1.29, 1.82) is 0 Å². The van der Waals surface area contributed by atoms with Crippen molar-refractivity contribution in [3.05, 3.63) is 59.2 Å². The molecular weight excluding hydrogens is 250 g/mol. The van der Waals surface area contributed by atoms with Crippen molar-refractivity contribution >= 4 is 17.3 Å². The number of nitrogen functional groups attached to an aromatic ring is 1. The molecule has 0 aliphatic carbocycles. The molecule has 19 heavy (non-hydrogen) atoms. The molecular formula is C14H12F2N2O. The normalized spacial score (nSPS) is 10.3. The van der Waals surface area contributed by atoms with Gasteiger partial charge >= 0.3 is 0 Å². The van der Waals surface area contributed by atoms with Crippen molar-refractivity contribution in [2.24, 2.45) is 0 Å². The monoisotopic (exact) mass is 262 g/mol. The number of carbonyl (C=O) groups is 1.